The molecule has 1 heterocycles. The first-order chi connectivity index (χ1) is 10.2. The predicted molar refractivity (Wildman–Crippen MR) is 86.7 cm³/mol. The van der Waals surface area contributed by atoms with Crippen LogP contribution in [0.15, 0.2) is 41.7 Å². The Morgan fingerprint density at radius 1 is 1.33 bits per heavy atom. The van der Waals surface area contributed by atoms with Crippen molar-refractivity contribution in [2.75, 3.05) is 12.3 Å². The number of rotatable bonds is 8. The SMILES string of the molecule is O=C(CCCSc1ccc(Cl)cc1)NCCc1cnc[nH]1. The Bertz CT molecular complexity index is 543. The second-order valence-corrected chi connectivity index (χ2v) is 6.19. The van der Waals surface area contributed by atoms with Crippen molar-refractivity contribution in [2.45, 2.75) is 24.2 Å². The number of thioether (sulfide) groups is 1. The van der Waals surface area contributed by atoms with Crippen molar-refractivity contribution in [3.63, 3.8) is 0 Å². The van der Waals surface area contributed by atoms with Crippen molar-refractivity contribution in [3.8, 4) is 0 Å². The molecule has 0 aliphatic heterocycles. The molecule has 0 saturated heterocycles. The van der Waals surface area contributed by atoms with Gasteiger partial charge in [0, 0.05) is 41.2 Å². The summed E-state index contributed by atoms with van der Waals surface area (Å²) in [4.78, 5) is 19.8. The molecule has 4 nitrogen and oxygen atoms in total. The molecule has 0 unspecified atom stereocenters. The van der Waals surface area contributed by atoms with E-state index >= 15 is 0 Å². The summed E-state index contributed by atoms with van der Waals surface area (Å²) in [7, 11) is 0. The molecule has 2 N–H and O–H groups in total. The minimum atomic E-state index is 0.103. The zero-order chi connectivity index (χ0) is 14.9. The van der Waals surface area contributed by atoms with E-state index in [1.807, 2.05) is 24.3 Å². The zero-order valence-corrected chi connectivity index (χ0v) is 13.2. The maximum atomic E-state index is 11.7. The molecular formula is C15H18ClN3OS. The highest BCUT2D eigenvalue weighted by Crippen LogP contribution is 2.21. The number of imidazole rings is 1. The lowest BCUT2D eigenvalue weighted by molar-refractivity contribution is -0.121. The van der Waals surface area contributed by atoms with E-state index in [9.17, 15) is 4.79 Å². The summed E-state index contributed by atoms with van der Waals surface area (Å²) in [5.41, 5.74) is 1.04. The summed E-state index contributed by atoms with van der Waals surface area (Å²) in [6.07, 6.45) is 5.62. The van der Waals surface area contributed by atoms with Gasteiger partial charge >= 0.3 is 0 Å². The van der Waals surface area contributed by atoms with Crippen LogP contribution in [0.3, 0.4) is 0 Å². The summed E-state index contributed by atoms with van der Waals surface area (Å²) in [6, 6.07) is 7.76. The number of halogens is 1. The van der Waals surface area contributed by atoms with Crippen LogP contribution < -0.4 is 5.32 Å². The van der Waals surface area contributed by atoms with Gasteiger partial charge in [-0.1, -0.05) is 11.6 Å². The molecule has 0 fully saturated rings. The van der Waals surface area contributed by atoms with Crippen LogP contribution in [0.2, 0.25) is 5.02 Å². The summed E-state index contributed by atoms with van der Waals surface area (Å²) < 4.78 is 0. The molecule has 0 aliphatic rings. The van der Waals surface area contributed by atoms with Gasteiger partial charge in [-0.25, -0.2) is 4.98 Å². The van der Waals surface area contributed by atoms with Crippen LogP contribution in [0.1, 0.15) is 18.5 Å². The number of amides is 1. The van der Waals surface area contributed by atoms with E-state index in [-0.39, 0.29) is 5.91 Å². The monoisotopic (exact) mass is 323 g/mol. The highest BCUT2D eigenvalue weighted by atomic mass is 35.5. The topological polar surface area (TPSA) is 57.8 Å². The molecule has 112 valence electrons. The standard InChI is InChI=1S/C15H18ClN3OS/c16-12-3-5-14(6-4-12)21-9-1-2-15(20)18-8-7-13-10-17-11-19-13/h3-6,10-11H,1-2,7-9H2,(H,17,19)(H,18,20). The number of benzene rings is 1. The Balaban J connectivity index is 1.53. The minimum Gasteiger partial charge on any atom is -0.356 e. The Kier molecular flexibility index (Phi) is 6.63. The molecule has 0 spiro atoms. The van der Waals surface area contributed by atoms with E-state index in [2.05, 4.69) is 15.3 Å². The summed E-state index contributed by atoms with van der Waals surface area (Å²) in [5.74, 6) is 1.03. The Morgan fingerprint density at radius 2 is 2.14 bits per heavy atom. The molecule has 1 aromatic carbocycles. The van der Waals surface area contributed by atoms with E-state index in [0.717, 1.165) is 29.3 Å². The molecule has 0 radical (unpaired) electrons. The first-order valence-corrected chi connectivity index (χ1v) is 8.23. The highest BCUT2D eigenvalue weighted by Gasteiger charge is 2.02. The molecule has 2 rings (SSSR count). The number of hydrogen-bond donors (Lipinski definition) is 2. The average Bonchev–Trinajstić information content (AvgIpc) is 2.99. The molecule has 0 saturated carbocycles. The van der Waals surface area contributed by atoms with Gasteiger partial charge in [-0.3, -0.25) is 4.79 Å². The summed E-state index contributed by atoms with van der Waals surface area (Å²) in [5, 5.41) is 3.66. The van der Waals surface area contributed by atoms with Crippen molar-refractivity contribution in [1.82, 2.24) is 15.3 Å². The Morgan fingerprint density at radius 3 is 2.86 bits per heavy atom. The third kappa shape index (κ3) is 6.23. The summed E-state index contributed by atoms with van der Waals surface area (Å²) in [6.45, 7) is 0.644. The van der Waals surface area contributed by atoms with Crippen molar-refractivity contribution in [1.29, 1.82) is 0 Å². The van der Waals surface area contributed by atoms with Gasteiger partial charge in [0.2, 0.25) is 5.91 Å². The van der Waals surface area contributed by atoms with Gasteiger partial charge in [0.1, 0.15) is 0 Å². The maximum Gasteiger partial charge on any atom is 0.220 e. The third-order valence-electron chi connectivity index (χ3n) is 2.90. The van der Waals surface area contributed by atoms with Crippen molar-refractivity contribution < 1.29 is 4.79 Å². The molecule has 0 aliphatic carbocycles. The van der Waals surface area contributed by atoms with E-state index in [1.54, 1.807) is 24.3 Å². The number of aromatic amines is 1. The van der Waals surface area contributed by atoms with E-state index in [4.69, 9.17) is 11.6 Å². The molecule has 1 aromatic heterocycles. The number of aromatic nitrogens is 2. The molecule has 6 heteroatoms. The molecule has 21 heavy (non-hydrogen) atoms. The number of carbonyl (C=O) groups excluding carboxylic acids is 1. The molecule has 1 amide bonds. The van der Waals surface area contributed by atoms with Crippen molar-refractivity contribution in [3.05, 3.63) is 47.5 Å². The third-order valence-corrected chi connectivity index (χ3v) is 4.25. The molecule has 0 atom stereocenters. The van der Waals surface area contributed by atoms with Crippen LogP contribution in [0.4, 0.5) is 0 Å². The van der Waals surface area contributed by atoms with Gasteiger partial charge in [0.15, 0.2) is 0 Å². The Labute approximate surface area is 133 Å². The fraction of sp³-hybridized carbons (Fsp3) is 0.333. The lowest BCUT2D eigenvalue weighted by Gasteiger charge is -2.04. The van der Waals surface area contributed by atoms with Gasteiger partial charge in [0.25, 0.3) is 0 Å². The van der Waals surface area contributed by atoms with Gasteiger partial charge in [-0.2, -0.15) is 0 Å². The van der Waals surface area contributed by atoms with Crippen LogP contribution in [0.25, 0.3) is 0 Å². The quantitative estimate of drug-likeness (QED) is 0.579. The van der Waals surface area contributed by atoms with Crippen molar-refractivity contribution in [2.24, 2.45) is 0 Å². The van der Waals surface area contributed by atoms with Gasteiger partial charge in [-0.15, -0.1) is 11.8 Å². The van der Waals surface area contributed by atoms with Crippen LogP contribution in [0.5, 0.6) is 0 Å². The second-order valence-electron chi connectivity index (χ2n) is 4.58. The largest absolute Gasteiger partial charge is 0.356 e. The van der Waals surface area contributed by atoms with Crippen molar-refractivity contribution >= 4 is 29.3 Å². The number of nitrogens with zero attached hydrogens (tertiary/aromatic N) is 1. The van der Waals surface area contributed by atoms with Crippen LogP contribution in [-0.4, -0.2) is 28.2 Å². The van der Waals surface area contributed by atoms with Crippen LogP contribution >= 0.6 is 23.4 Å². The number of nitrogens with one attached hydrogen (secondary N) is 2. The maximum absolute atomic E-state index is 11.7. The lowest BCUT2D eigenvalue weighted by atomic mass is 10.3. The smallest absolute Gasteiger partial charge is 0.220 e. The molecular weight excluding hydrogens is 306 g/mol. The first kappa shape index (κ1) is 15.9. The fourth-order valence-electron chi connectivity index (χ4n) is 1.80. The first-order valence-electron chi connectivity index (χ1n) is 6.86. The normalized spacial score (nSPS) is 10.5. The number of H-pyrrole nitrogens is 1. The number of hydrogen-bond acceptors (Lipinski definition) is 3. The average molecular weight is 324 g/mol. The fourth-order valence-corrected chi connectivity index (χ4v) is 2.78. The molecule has 0 bridgehead atoms. The van der Waals surface area contributed by atoms with Crippen LogP contribution in [-0.2, 0) is 11.2 Å². The van der Waals surface area contributed by atoms with Gasteiger partial charge in [-0.05, 0) is 36.4 Å². The predicted octanol–water partition coefficient (Wildman–Crippen LogP) is 3.29. The lowest BCUT2D eigenvalue weighted by Crippen LogP contribution is -2.25. The zero-order valence-electron chi connectivity index (χ0n) is 11.6. The van der Waals surface area contributed by atoms with E-state index < -0.39 is 0 Å². The second kappa shape index (κ2) is 8.74. The Hall–Kier alpha value is -1.46. The van der Waals surface area contributed by atoms with Gasteiger partial charge in [0.05, 0.1) is 6.33 Å². The molecule has 2 aromatic rings. The van der Waals surface area contributed by atoms with E-state index in [1.165, 1.54) is 4.90 Å². The highest BCUT2D eigenvalue weighted by molar-refractivity contribution is 7.99. The van der Waals surface area contributed by atoms with E-state index in [0.29, 0.717) is 13.0 Å². The minimum absolute atomic E-state index is 0.103. The summed E-state index contributed by atoms with van der Waals surface area (Å²) >= 11 is 7.57. The number of carbonyl (C=O) groups is 1. The van der Waals surface area contributed by atoms with Crippen LogP contribution in [0, 0.1) is 0 Å². The van der Waals surface area contributed by atoms with Gasteiger partial charge < -0.3 is 10.3 Å².